The van der Waals surface area contributed by atoms with Crippen LogP contribution >= 0.6 is 15.9 Å². The van der Waals surface area contributed by atoms with Gasteiger partial charge in [-0.3, -0.25) is 4.40 Å². The fourth-order valence-corrected chi connectivity index (χ4v) is 2.66. The van der Waals surface area contributed by atoms with Crippen molar-refractivity contribution in [3.05, 3.63) is 29.0 Å². The predicted molar refractivity (Wildman–Crippen MR) is 78.6 cm³/mol. The van der Waals surface area contributed by atoms with E-state index in [9.17, 15) is 0 Å². The molecule has 0 aliphatic carbocycles. The third kappa shape index (κ3) is 1.93. The van der Waals surface area contributed by atoms with Crippen LogP contribution in [0, 0.1) is 0 Å². The number of halogens is 1. The third-order valence-corrected chi connectivity index (χ3v) is 4.76. The second-order valence-electron chi connectivity index (χ2n) is 5.80. The molecule has 4 nitrogen and oxygen atoms in total. The average molecular weight is 323 g/mol. The third-order valence-electron chi connectivity index (χ3n) is 3.97. The summed E-state index contributed by atoms with van der Waals surface area (Å²) in [5.74, 6) is 0. The highest BCUT2D eigenvalue weighted by Crippen LogP contribution is 2.36. The Kier molecular flexibility index (Phi) is 2.82. The van der Waals surface area contributed by atoms with Crippen molar-refractivity contribution < 1.29 is 9.31 Å². The van der Waals surface area contributed by atoms with E-state index in [0.29, 0.717) is 0 Å². The van der Waals surface area contributed by atoms with E-state index in [1.54, 1.807) is 0 Å². The standard InChI is InChI=1S/C13H16BBrN2O2/c1-12(2)13(3,4)19-14(18-12)10-11(15)17-8-6-5-7-9(17)16-10/h5-8H,1-4H3. The smallest absolute Gasteiger partial charge is 0.398 e. The summed E-state index contributed by atoms with van der Waals surface area (Å²) < 4.78 is 14.9. The maximum Gasteiger partial charge on any atom is 0.517 e. The molecule has 1 aliphatic rings. The van der Waals surface area contributed by atoms with Gasteiger partial charge >= 0.3 is 7.12 Å². The molecular weight excluding hydrogens is 307 g/mol. The van der Waals surface area contributed by atoms with Crippen LogP contribution in [0.2, 0.25) is 0 Å². The minimum atomic E-state index is -0.445. The van der Waals surface area contributed by atoms with E-state index in [4.69, 9.17) is 9.31 Å². The molecule has 6 heteroatoms. The number of nitrogens with zero attached hydrogens (tertiary/aromatic N) is 2. The van der Waals surface area contributed by atoms with Gasteiger partial charge in [-0.05, 0) is 55.8 Å². The molecule has 2 aromatic rings. The zero-order valence-electron chi connectivity index (χ0n) is 11.5. The quantitative estimate of drug-likeness (QED) is 0.756. The van der Waals surface area contributed by atoms with E-state index in [1.165, 1.54) is 0 Å². The van der Waals surface area contributed by atoms with Crippen molar-refractivity contribution >= 4 is 34.3 Å². The molecular formula is C13H16BBrN2O2. The molecule has 3 heterocycles. The van der Waals surface area contributed by atoms with Crippen molar-refractivity contribution in [3.63, 3.8) is 0 Å². The van der Waals surface area contributed by atoms with Gasteiger partial charge in [0.25, 0.3) is 0 Å². The summed E-state index contributed by atoms with van der Waals surface area (Å²) >= 11 is 3.58. The van der Waals surface area contributed by atoms with Crippen LogP contribution in [-0.4, -0.2) is 27.7 Å². The zero-order valence-corrected chi connectivity index (χ0v) is 13.1. The van der Waals surface area contributed by atoms with Crippen molar-refractivity contribution in [2.75, 3.05) is 0 Å². The molecule has 0 N–H and O–H groups in total. The van der Waals surface area contributed by atoms with Gasteiger partial charge in [0.2, 0.25) is 0 Å². The second-order valence-corrected chi connectivity index (χ2v) is 6.56. The SMILES string of the molecule is CC1(C)OB(c2nc3ccccn3c2Br)OC1(C)C. The van der Waals surface area contributed by atoms with Gasteiger partial charge < -0.3 is 9.31 Å². The first-order chi connectivity index (χ1) is 8.82. The number of fused-ring (bicyclic) bond motifs is 1. The molecule has 0 saturated carbocycles. The molecule has 0 atom stereocenters. The number of hydrogen-bond acceptors (Lipinski definition) is 3. The van der Waals surface area contributed by atoms with Crippen LogP contribution < -0.4 is 5.59 Å². The molecule has 100 valence electrons. The molecule has 0 aromatic carbocycles. The fourth-order valence-electron chi connectivity index (χ4n) is 2.09. The number of hydrogen-bond donors (Lipinski definition) is 0. The van der Waals surface area contributed by atoms with Gasteiger partial charge in [-0.15, -0.1) is 0 Å². The number of pyridine rings is 1. The van der Waals surface area contributed by atoms with Crippen molar-refractivity contribution in [3.8, 4) is 0 Å². The largest absolute Gasteiger partial charge is 0.517 e. The van der Waals surface area contributed by atoms with Crippen LogP contribution in [0.1, 0.15) is 27.7 Å². The summed E-state index contributed by atoms with van der Waals surface area (Å²) in [6.45, 7) is 8.15. The van der Waals surface area contributed by atoms with E-state index in [-0.39, 0.29) is 11.2 Å². The first-order valence-corrected chi connectivity index (χ1v) is 7.09. The lowest BCUT2D eigenvalue weighted by atomic mass is 9.86. The highest BCUT2D eigenvalue weighted by molar-refractivity contribution is 9.10. The topological polar surface area (TPSA) is 35.8 Å². The monoisotopic (exact) mass is 322 g/mol. The van der Waals surface area contributed by atoms with E-state index in [2.05, 4.69) is 20.9 Å². The fraction of sp³-hybridized carbons (Fsp3) is 0.462. The van der Waals surface area contributed by atoms with Crippen LogP contribution in [0.25, 0.3) is 5.65 Å². The molecule has 3 rings (SSSR count). The molecule has 0 unspecified atom stereocenters. The summed E-state index contributed by atoms with van der Waals surface area (Å²) in [5.41, 5.74) is 0.948. The lowest BCUT2D eigenvalue weighted by Crippen LogP contribution is -2.41. The van der Waals surface area contributed by atoms with Crippen LogP contribution in [0.15, 0.2) is 29.0 Å². The lowest BCUT2D eigenvalue weighted by Gasteiger charge is -2.32. The second kappa shape index (κ2) is 4.07. The molecule has 1 saturated heterocycles. The van der Waals surface area contributed by atoms with E-state index >= 15 is 0 Å². The maximum atomic E-state index is 6.03. The Morgan fingerprint density at radius 3 is 2.37 bits per heavy atom. The van der Waals surface area contributed by atoms with Gasteiger partial charge in [0.15, 0.2) is 0 Å². The molecule has 1 aliphatic heterocycles. The Labute approximate surface area is 121 Å². The van der Waals surface area contributed by atoms with Crippen molar-refractivity contribution in [2.45, 2.75) is 38.9 Å². The Morgan fingerprint density at radius 1 is 1.16 bits per heavy atom. The first kappa shape index (κ1) is 13.2. The summed E-state index contributed by atoms with van der Waals surface area (Å²) in [7, 11) is -0.445. The van der Waals surface area contributed by atoms with Gasteiger partial charge in [0.1, 0.15) is 15.8 Å². The predicted octanol–water partition coefficient (Wildman–Crippen LogP) is 2.40. The molecule has 1 fully saturated rings. The summed E-state index contributed by atoms with van der Waals surface area (Å²) in [4.78, 5) is 4.59. The lowest BCUT2D eigenvalue weighted by molar-refractivity contribution is 0.00578. The Morgan fingerprint density at radius 2 is 1.79 bits per heavy atom. The van der Waals surface area contributed by atoms with E-state index in [0.717, 1.165) is 15.8 Å². The number of rotatable bonds is 1. The number of imidazole rings is 1. The zero-order chi connectivity index (χ0) is 13.8. The summed E-state index contributed by atoms with van der Waals surface area (Å²) in [5, 5.41) is 0. The highest BCUT2D eigenvalue weighted by Gasteiger charge is 2.53. The minimum Gasteiger partial charge on any atom is -0.398 e. The summed E-state index contributed by atoms with van der Waals surface area (Å²) in [6.07, 6.45) is 1.96. The van der Waals surface area contributed by atoms with Crippen molar-refractivity contribution in [2.24, 2.45) is 0 Å². The highest BCUT2D eigenvalue weighted by atomic mass is 79.9. The van der Waals surface area contributed by atoms with Crippen LogP contribution in [-0.2, 0) is 9.31 Å². The maximum absolute atomic E-state index is 6.03. The molecule has 19 heavy (non-hydrogen) atoms. The normalized spacial score (nSPS) is 21.2. The minimum absolute atomic E-state index is 0.354. The van der Waals surface area contributed by atoms with E-state index in [1.807, 2.05) is 56.5 Å². The Bertz CT molecular complexity index is 623. The van der Waals surface area contributed by atoms with Gasteiger partial charge in [0, 0.05) is 6.20 Å². The Hall–Kier alpha value is -0.845. The van der Waals surface area contributed by atoms with Gasteiger partial charge in [-0.25, -0.2) is 4.98 Å². The molecule has 0 bridgehead atoms. The molecule has 0 amide bonds. The number of aromatic nitrogens is 2. The van der Waals surface area contributed by atoms with Crippen LogP contribution in [0.3, 0.4) is 0 Å². The first-order valence-electron chi connectivity index (χ1n) is 6.30. The van der Waals surface area contributed by atoms with Crippen molar-refractivity contribution in [1.82, 2.24) is 9.38 Å². The van der Waals surface area contributed by atoms with Crippen LogP contribution in [0.5, 0.6) is 0 Å². The van der Waals surface area contributed by atoms with Gasteiger partial charge in [-0.2, -0.15) is 0 Å². The van der Waals surface area contributed by atoms with E-state index < -0.39 is 7.12 Å². The average Bonchev–Trinajstić information content (AvgIpc) is 2.76. The Balaban J connectivity index is 2.05. The van der Waals surface area contributed by atoms with Gasteiger partial charge in [-0.1, -0.05) is 6.07 Å². The summed E-state index contributed by atoms with van der Waals surface area (Å²) in [6, 6.07) is 5.88. The molecule has 0 radical (unpaired) electrons. The van der Waals surface area contributed by atoms with Crippen LogP contribution in [0.4, 0.5) is 0 Å². The van der Waals surface area contributed by atoms with Gasteiger partial charge in [0.05, 0.1) is 11.2 Å². The van der Waals surface area contributed by atoms with Crippen molar-refractivity contribution in [1.29, 1.82) is 0 Å². The molecule has 0 spiro atoms. The molecule has 2 aromatic heterocycles.